The summed E-state index contributed by atoms with van der Waals surface area (Å²) in [4.78, 5) is 4.10. The van der Waals surface area contributed by atoms with E-state index in [1.54, 1.807) is 26.1 Å². The van der Waals surface area contributed by atoms with Crippen LogP contribution in [0.2, 0.25) is 0 Å². The van der Waals surface area contributed by atoms with Crippen molar-refractivity contribution in [1.29, 1.82) is 0 Å². The van der Waals surface area contributed by atoms with Crippen LogP contribution in [0.4, 0.5) is 5.69 Å². The molecule has 8 nitrogen and oxygen atoms in total. The number of aryl methyl sites for hydroxylation is 1. The second-order valence-electron chi connectivity index (χ2n) is 4.35. The van der Waals surface area contributed by atoms with Crippen molar-refractivity contribution in [3.8, 4) is 5.88 Å². The maximum Gasteiger partial charge on any atom is 0.265 e. The van der Waals surface area contributed by atoms with Gasteiger partial charge in [-0.2, -0.15) is 5.10 Å². The summed E-state index contributed by atoms with van der Waals surface area (Å²) >= 11 is 0. The average Bonchev–Trinajstić information content (AvgIpc) is 2.81. The Hall–Kier alpha value is -2.13. The number of aromatic amines is 1. The van der Waals surface area contributed by atoms with Crippen molar-refractivity contribution >= 4 is 15.7 Å². The van der Waals surface area contributed by atoms with E-state index in [2.05, 4.69) is 25.2 Å². The molecule has 0 radical (unpaired) electrons. The molecular weight excluding hydrogens is 294 g/mol. The Bertz CT molecular complexity index is 709. The van der Waals surface area contributed by atoms with E-state index in [9.17, 15) is 8.42 Å². The van der Waals surface area contributed by atoms with E-state index in [0.29, 0.717) is 29.5 Å². The van der Waals surface area contributed by atoms with Crippen molar-refractivity contribution in [2.24, 2.45) is 0 Å². The van der Waals surface area contributed by atoms with Gasteiger partial charge in [-0.15, -0.1) is 0 Å². The van der Waals surface area contributed by atoms with Crippen LogP contribution in [0, 0.1) is 6.92 Å². The van der Waals surface area contributed by atoms with Crippen molar-refractivity contribution in [3.63, 3.8) is 0 Å². The maximum absolute atomic E-state index is 12.5. The van der Waals surface area contributed by atoms with E-state index >= 15 is 0 Å². The number of ether oxygens (including phenoxy) is 1. The molecule has 0 saturated carbocycles. The molecule has 0 unspecified atom stereocenters. The second-order valence-corrected chi connectivity index (χ2v) is 5.97. The number of sulfonamides is 1. The molecule has 0 bridgehead atoms. The minimum absolute atomic E-state index is 0.146. The number of nitrogens with zero attached hydrogens (tertiary/aromatic N) is 2. The Morgan fingerprint density at radius 1 is 1.38 bits per heavy atom. The molecule has 0 aliphatic carbocycles. The fourth-order valence-electron chi connectivity index (χ4n) is 1.88. The summed E-state index contributed by atoms with van der Waals surface area (Å²) in [6.45, 7) is 2.01. The number of nitrogens with one attached hydrogen (secondary N) is 3. The number of hydrogen-bond acceptors (Lipinski definition) is 6. The third kappa shape index (κ3) is 3.31. The van der Waals surface area contributed by atoms with E-state index in [4.69, 9.17) is 4.74 Å². The van der Waals surface area contributed by atoms with Gasteiger partial charge in [0, 0.05) is 12.6 Å². The zero-order valence-electron chi connectivity index (χ0n) is 12.0. The van der Waals surface area contributed by atoms with Crippen molar-refractivity contribution in [2.45, 2.75) is 18.4 Å². The number of pyridine rings is 1. The fourth-order valence-corrected chi connectivity index (χ4v) is 3.29. The monoisotopic (exact) mass is 311 g/mol. The Kier molecular flexibility index (Phi) is 4.43. The summed E-state index contributed by atoms with van der Waals surface area (Å²) in [6.07, 6.45) is 1.39. The summed E-state index contributed by atoms with van der Waals surface area (Å²) in [5.74, 6) is 0.410. The fraction of sp³-hybridized carbons (Fsp3) is 0.333. The summed E-state index contributed by atoms with van der Waals surface area (Å²) in [5.41, 5.74) is 1.27. The van der Waals surface area contributed by atoms with Gasteiger partial charge in [0.2, 0.25) is 5.88 Å². The highest BCUT2D eigenvalue weighted by Crippen LogP contribution is 2.21. The molecule has 21 heavy (non-hydrogen) atoms. The van der Waals surface area contributed by atoms with Crippen LogP contribution in [0.25, 0.3) is 0 Å². The normalized spacial score (nSPS) is 11.4. The van der Waals surface area contributed by atoms with Gasteiger partial charge in [0.1, 0.15) is 4.90 Å². The van der Waals surface area contributed by atoms with Gasteiger partial charge in [0.15, 0.2) is 0 Å². The first-order valence-electron chi connectivity index (χ1n) is 6.19. The van der Waals surface area contributed by atoms with Crippen LogP contribution >= 0.6 is 0 Å². The van der Waals surface area contributed by atoms with Crippen molar-refractivity contribution in [3.05, 3.63) is 29.7 Å². The highest BCUT2D eigenvalue weighted by Gasteiger charge is 2.24. The van der Waals surface area contributed by atoms with Gasteiger partial charge < -0.3 is 10.1 Å². The van der Waals surface area contributed by atoms with Gasteiger partial charge in [-0.25, -0.2) is 13.4 Å². The van der Waals surface area contributed by atoms with Crippen LogP contribution in [0.5, 0.6) is 5.88 Å². The predicted molar refractivity (Wildman–Crippen MR) is 77.7 cm³/mol. The Balaban J connectivity index is 2.31. The van der Waals surface area contributed by atoms with Gasteiger partial charge in [0.05, 0.1) is 30.4 Å². The van der Waals surface area contributed by atoms with Gasteiger partial charge >= 0.3 is 0 Å². The molecule has 2 heterocycles. The summed E-state index contributed by atoms with van der Waals surface area (Å²) < 4.78 is 32.4. The molecule has 114 valence electrons. The molecule has 0 fully saturated rings. The predicted octanol–water partition coefficient (Wildman–Crippen LogP) is 0.642. The number of H-pyrrole nitrogens is 1. The minimum atomic E-state index is -3.74. The van der Waals surface area contributed by atoms with Crippen LogP contribution in [0.3, 0.4) is 0 Å². The lowest BCUT2D eigenvalue weighted by Crippen LogP contribution is -2.17. The number of methoxy groups -OCH3 is 1. The molecule has 2 aromatic rings. The largest absolute Gasteiger partial charge is 0.481 e. The summed E-state index contributed by atoms with van der Waals surface area (Å²) in [7, 11) is -0.523. The van der Waals surface area contributed by atoms with E-state index in [1.807, 2.05) is 0 Å². The molecule has 0 aliphatic rings. The molecule has 0 atom stereocenters. The molecule has 2 aromatic heterocycles. The van der Waals surface area contributed by atoms with E-state index < -0.39 is 10.0 Å². The topological polar surface area (TPSA) is 109 Å². The van der Waals surface area contributed by atoms with Crippen LogP contribution in [0.15, 0.2) is 23.2 Å². The molecule has 2 rings (SSSR count). The zero-order chi connectivity index (χ0) is 15.5. The molecule has 3 N–H and O–H groups in total. The van der Waals surface area contributed by atoms with Crippen LogP contribution < -0.4 is 14.8 Å². The molecule has 9 heteroatoms. The number of anilines is 1. The van der Waals surface area contributed by atoms with Gasteiger partial charge in [0.25, 0.3) is 10.0 Å². The Labute approximate surface area is 123 Å². The lowest BCUT2D eigenvalue weighted by Gasteiger charge is -2.09. The average molecular weight is 311 g/mol. The zero-order valence-corrected chi connectivity index (χ0v) is 12.8. The smallest absolute Gasteiger partial charge is 0.265 e. The van der Waals surface area contributed by atoms with Crippen LogP contribution in [-0.2, 0) is 16.6 Å². The molecule has 0 aromatic carbocycles. The van der Waals surface area contributed by atoms with Crippen molar-refractivity contribution < 1.29 is 13.2 Å². The second kappa shape index (κ2) is 6.10. The minimum Gasteiger partial charge on any atom is -0.481 e. The highest BCUT2D eigenvalue weighted by molar-refractivity contribution is 7.92. The van der Waals surface area contributed by atoms with E-state index in [-0.39, 0.29) is 4.90 Å². The first-order chi connectivity index (χ1) is 9.97. The highest BCUT2D eigenvalue weighted by atomic mass is 32.2. The third-order valence-electron chi connectivity index (χ3n) is 2.77. The molecule has 0 spiro atoms. The van der Waals surface area contributed by atoms with Gasteiger partial charge in [-0.3, -0.25) is 9.82 Å². The van der Waals surface area contributed by atoms with E-state index in [0.717, 1.165) is 0 Å². The summed E-state index contributed by atoms with van der Waals surface area (Å²) in [5, 5.41) is 9.57. The van der Waals surface area contributed by atoms with Gasteiger partial charge in [-0.1, -0.05) is 0 Å². The quantitative estimate of drug-likeness (QED) is 0.722. The van der Waals surface area contributed by atoms with Crippen molar-refractivity contribution in [1.82, 2.24) is 20.5 Å². The van der Waals surface area contributed by atoms with E-state index in [1.165, 1.54) is 13.3 Å². The molecule has 0 aliphatic heterocycles. The summed E-state index contributed by atoms with van der Waals surface area (Å²) in [6, 6.07) is 3.16. The van der Waals surface area contributed by atoms with Crippen molar-refractivity contribution in [2.75, 3.05) is 18.9 Å². The Morgan fingerprint density at radius 3 is 2.71 bits per heavy atom. The SMILES string of the molecule is CNCc1n[nH]c(C)c1S(=O)(=O)Nc1ccc(OC)nc1. The first kappa shape index (κ1) is 15.3. The lowest BCUT2D eigenvalue weighted by molar-refractivity contribution is 0.398. The van der Waals surface area contributed by atoms with Crippen LogP contribution in [0.1, 0.15) is 11.4 Å². The van der Waals surface area contributed by atoms with Gasteiger partial charge in [-0.05, 0) is 20.0 Å². The Morgan fingerprint density at radius 2 is 2.14 bits per heavy atom. The number of aromatic nitrogens is 3. The molecule has 0 saturated heterocycles. The maximum atomic E-state index is 12.5. The number of rotatable bonds is 6. The number of hydrogen-bond donors (Lipinski definition) is 3. The first-order valence-corrected chi connectivity index (χ1v) is 7.67. The molecule has 0 amide bonds. The third-order valence-corrected chi connectivity index (χ3v) is 4.36. The molecular formula is C12H17N5O3S. The lowest BCUT2D eigenvalue weighted by atomic mass is 10.4. The standard InChI is InChI=1S/C12H17N5O3S/c1-8-12(10(7-13-2)16-15-8)21(18,19)17-9-4-5-11(20-3)14-6-9/h4-6,13,17H,7H2,1-3H3,(H,15,16). The van der Waals surface area contributed by atoms with Crippen LogP contribution in [-0.4, -0.2) is 37.8 Å².